The molecule has 4 rings (SSSR count). The number of nitrogens with zero attached hydrogens (tertiary/aromatic N) is 3. The predicted octanol–water partition coefficient (Wildman–Crippen LogP) is 4.97. The van der Waals surface area contributed by atoms with Crippen molar-refractivity contribution >= 4 is 45.5 Å². The van der Waals surface area contributed by atoms with Crippen LogP contribution in [0.1, 0.15) is 12.0 Å². The Hall–Kier alpha value is -2.96. The summed E-state index contributed by atoms with van der Waals surface area (Å²) in [7, 11) is 1.56. The molecule has 3 aromatic rings. The highest BCUT2D eigenvalue weighted by molar-refractivity contribution is 6.37. The zero-order valence-corrected chi connectivity index (χ0v) is 20.1. The molecule has 2 N–H and O–H groups in total. The highest BCUT2D eigenvalue weighted by Gasteiger charge is 2.17. The van der Waals surface area contributed by atoms with E-state index in [-0.39, 0.29) is 10.8 Å². The number of nitrogens with one attached hydrogen (secondary N) is 1. The zero-order chi connectivity index (χ0) is 24.1. The number of benzene rings is 2. The van der Waals surface area contributed by atoms with Crippen LogP contribution >= 0.6 is 23.2 Å². The molecule has 8 nitrogen and oxygen atoms in total. The van der Waals surface area contributed by atoms with Crippen LogP contribution in [0.15, 0.2) is 30.5 Å². The quantitative estimate of drug-likeness (QED) is 0.416. The maximum atomic E-state index is 9.99. The first-order chi connectivity index (χ1) is 16.5. The van der Waals surface area contributed by atoms with Crippen LogP contribution in [-0.2, 0) is 4.74 Å². The van der Waals surface area contributed by atoms with Gasteiger partial charge in [0, 0.05) is 43.4 Å². The molecule has 0 unspecified atom stereocenters. The fourth-order valence-corrected chi connectivity index (χ4v) is 4.19. The monoisotopic (exact) mass is 502 g/mol. The van der Waals surface area contributed by atoms with Crippen LogP contribution in [-0.4, -0.2) is 61.6 Å². The van der Waals surface area contributed by atoms with Crippen molar-refractivity contribution in [2.75, 3.05) is 51.9 Å². The number of nitriles is 1. The smallest absolute Gasteiger partial charge is 0.163 e. The summed E-state index contributed by atoms with van der Waals surface area (Å²) in [5.74, 6) is 0.960. The minimum atomic E-state index is -0.129. The minimum Gasteiger partial charge on any atom is -0.506 e. The lowest BCUT2D eigenvalue weighted by Gasteiger charge is -2.26. The first kappa shape index (κ1) is 24.2. The second-order valence-electron chi connectivity index (χ2n) is 7.74. The summed E-state index contributed by atoms with van der Waals surface area (Å²) in [5.41, 5.74) is 1.79. The number of anilines is 2. The first-order valence-electron chi connectivity index (χ1n) is 10.8. The third kappa shape index (κ3) is 5.40. The van der Waals surface area contributed by atoms with Crippen molar-refractivity contribution < 1.29 is 19.3 Å². The number of hydrogen-bond acceptors (Lipinski definition) is 8. The fourth-order valence-electron chi connectivity index (χ4n) is 3.75. The van der Waals surface area contributed by atoms with Gasteiger partial charge in [-0.3, -0.25) is 9.88 Å². The van der Waals surface area contributed by atoms with Gasteiger partial charge in [0.05, 0.1) is 59.4 Å². The molecule has 1 fully saturated rings. The fraction of sp³-hybridized carbons (Fsp3) is 0.333. The summed E-state index contributed by atoms with van der Waals surface area (Å²) in [6.07, 6.45) is 2.34. The van der Waals surface area contributed by atoms with Gasteiger partial charge >= 0.3 is 0 Å². The topological polar surface area (TPSA) is 99.9 Å². The number of rotatable bonds is 8. The molecule has 1 aliphatic heterocycles. The number of hydrogen-bond donors (Lipinski definition) is 2. The van der Waals surface area contributed by atoms with Gasteiger partial charge in [0.25, 0.3) is 0 Å². The van der Waals surface area contributed by atoms with Gasteiger partial charge in [-0.05, 0) is 18.6 Å². The van der Waals surface area contributed by atoms with E-state index in [1.165, 1.54) is 18.3 Å². The maximum Gasteiger partial charge on any atom is 0.163 e. The lowest BCUT2D eigenvalue weighted by atomic mass is 10.1. The van der Waals surface area contributed by atoms with E-state index in [0.29, 0.717) is 51.0 Å². The van der Waals surface area contributed by atoms with Crippen molar-refractivity contribution in [3.8, 4) is 23.3 Å². The molecule has 0 amide bonds. The number of aromatic nitrogens is 1. The van der Waals surface area contributed by atoms with Gasteiger partial charge in [-0.15, -0.1) is 0 Å². The van der Waals surface area contributed by atoms with Crippen molar-refractivity contribution in [1.29, 1.82) is 5.26 Å². The lowest BCUT2D eigenvalue weighted by Crippen LogP contribution is -2.37. The number of phenolic OH excluding ortho intramolecular Hbond substituents is 1. The molecule has 2 aromatic carbocycles. The molecule has 10 heteroatoms. The number of fused-ring (bicyclic) bond motifs is 1. The van der Waals surface area contributed by atoms with Crippen LogP contribution in [0.2, 0.25) is 10.0 Å². The molecule has 0 bridgehead atoms. The summed E-state index contributed by atoms with van der Waals surface area (Å²) in [6.45, 7) is 4.89. The third-order valence-corrected chi connectivity index (χ3v) is 6.17. The van der Waals surface area contributed by atoms with E-state index in [9.17, 15) is 10.4 Å². The van der Waals surface area contributed by atoms with E-state index in [1.807, 2.05) is 0 Å². The molecule has 34 heavy (non-hydrogen) atoms. The van der Waals surface area contributed by atoms with Crippen molar-refractivity contribution in [2.45, 2.75) is 6.42 Å². The molecule has 2 heterocycles. The molecule has 178 valence electrons. The van der Waals surface area contributed by atoms with Crippen LogP contribution in [0, 0.1) is 11.3 Å². The molecule has 0 saturated carbocycles. The second kappa shape index (κ2) is 11.0. The molecule has 1 saturated heterocycles. The number of ether oxygens (including phenoxy) is 3. The number of halogens is 2. The number of aromatic hydroxyl groups is 1. The average Bonchev–Trinajstić information content (AvgIpc) is 2.85. The Bertz CT molecular complexity index is 1230. The largest absolute Gasteiger partial charge is 0.506 e. The van der Waals surface area contributed by atoms with E-state index in [1.54, 1.807) is 19.2 Å². The van der Waals surface area contributed by atoms with E-state index in [4.69, 9.17) is 37.4 Å². The van der Waals surface area contributed by atoms with Crippen molar-refractivity contribution in [3.05, 3.63) is 46.1 Å². The molecule has 0 atom stereocenters. The van der Waals surface area contributed by atoms with Gasteiger partial charge in [-0.25, -0.2) is 0 Å². The molecular weight excluding hydrogens is 479 g/mol. The van der Waals surface area contributed by atoms with Crippen LogP contribution in [0.5, 0.6) is 17.2 Å². The predicted molar refractivity (Wildman–Crippen MR) is 132 cm³/mol. The van der Waals surface area contributed by atoms with Crippen LogP contribution < -0.4 is 14.8 Å². The Kier molecular flexibility index (Phi) is 7.80. The Morgan fingerprint density at radius 1 is 1.18 bits per heavy atom. The number of methoxy groups -OCH3 is 1. The van der Waals surface area contributed by atoms with Gasteiger partial charge in [-0.1, -0.05) is 23.2 Å². The number of pyridine rings is 1. The molecule has 0 radical (unpaired) electrons. The summed E-state index contributed by atoms with van der Waals surface area (Å²) < 4.78 is 17.0. The Balaban J connectivity index is 1.59. The standard InChI is InChI=1S/C24H24Cl2N4O4/c1-32-22-9-16-19(12-23(22)34-6-2-3-30-4-7-33-8-5-30)28-14-15(13-27)24(16)29-20-11-21(31)18(26)10-17(20)25/h9-12,14,31H,2-8H2,1H3,(H,28,29). The minimum absolute atomic E-state index is 0.129. The SMILES string of the molecule is COc1cc2c(Nc3cc(O)c(Cl)cc3Cl)c(C#N)cnc2cc1OCCCN1CCOCC1. The molecule has 1 aliphatic rings. The molecular formula is C24H24Cl2N4O4. The van der Waals surface area contributed by atoms with Gasteiger partial charge in [0.2, 0.25) is 0 Å². The lowest BCUT2D eigenvalue weighted by molar-refractivity contribution is 0.0357. The van der Waals surface area contributed by atoms with Crippen LogP contribution in [0.25, 0.3) is 10.9 Å². The van der Waals surface area contributed by atoms with E-state index < -0.39 is 0 Å². The highest BCUT2D eigenvalue weighted by atomic mass is 35.5. The molecule has 0 aliphatic carbocycles. The maximum absolute atomic E-state index is 9.99. The van der Waals surface area contributed by atoms with E-state index in [0.717, 1.165) is 39.3 Å². The Labute approximate surface area is 207 Å². The Morgan fingerprint density at radius 2 is 1.97 bits per heavy atom. The summed E-state index contributed by atoms with van der Waals surface area (Å²) in [6, 6.07) is 8.53. The van der Waals surface area contributed by atoms with Gasteiger partial charge in [-0.2, -0.15) is 5.26 Å². The van der Waals surface area contributed by atoms with Crippen molar-refractivity contribution in [2.24, 2.45) is 0 Å². The van der Waals surface area contributed by atoms with Gasteiger partial charge < -0.3 is 24.6 Å². The second-order valence-corrected chi connectivity index (χ2v) is 8.56. The Morgan fingerprint density at radius 3 is 2.71 bits per heavy atom. The number of phenols is 1. The van der Waals surface area contributed by atoms with E-state index >= 15 is 0 Å². The van der Waals surface area contributed by atoms with Gasteiger partial charge in [0.15, 0.2) is 11.5 Å². The summed E-state index contributed by atoms with van der Waals surface area (Å²) in [5, 5.41) is 23.9. The number of morpholine rings is 1. The van der Waals surface area contributed by atoms with Crippen LogP contribution in [0.3, 0.4) is 0 Å². The molecule has 1 aromatic heterocycles. The van der Waals surface area contributed by atoms with Crippen molar-refractivity contribution in [3.63, 3.8) is 0 Å². The normalized spacial score (nSPS) is 14.1. The third-order valence-electron chi connectivity index (χ3n) is 5.55. The summed E-state index contributed by atoms with van der Waals surface area (Å²) >= 11 is 12.2. The first-order valence-corrected chi connectivity index (χ1v) is 11.5. The average molecular weight is 503 g/mol. The highest BCUT2D eigenvalue weighted by Crippen LogP contribution is 2.40. The van der Waals surface area contributed by atoms with Gasteiger partial charge in [0.1, 0.15) is 11.8 Å². The molecule has 0 spiro atoms. The summed E-state index contributed by atoms with van der Waals surface area (Å²) in [4.78, 5) is 6.78. The van der Waals surface area contributed by atoms with Crippen molar-refractivity contribution in [1.82, 2.24) is 9.88 Å². The van der Waals surface area contributed by atoms with E-state index in [2.05, 4.69) is 21.3 Å². The zero-order valence-electron chi connectivity index (χ0n) is 18.6. The van der Waals surface area contributed by atoms with Crippen LogP contribution in [0.4, 0.5) is 11.4 Å².